The smallest absolute Gasteiger partial charge is 0.161 e. The quantitative estimate of drug-likeness (QED) is 0.648. The summed E-state index contributed by atoms with van der Waals surface area (Å²) in [5.74, 6) is 2.42. The van der Waals surface area contributed by atoms with Crippen LogP contribution < -0.4 is 14.8 Å². The molecule has 1 aromatic carbocycles. The Labute approximate surface area is 107 Å². The number of hydrogen-bond acceptors (Lipinski definition) is 3. The van der Waals surface area contributed by atoms with E-state index in [0.29, 0.717) is 19.1 Å². The van der Waals surface area contributed by atoms with Gasteiger partial charge in [-0.15, -0.1) is 11.6 Å². The standard InChI is InChI=1S/C13H18ClNO2/c1-10-7-12-13(17-6-5-16-12)8-11(10)9-15-4-2-3-14/h7-8,15H,2-6,9H2,1H3. The van der Waals surface area contributed by atoms with Crippen molar-refractivity contribution in [3.63, 3.8) is 0 Å². The summed E-state index contributed by atoms with van der Waals surface area (Å²) in [4.78, 5) is 0. The highest BCUT2D eigenvalue weighted by Gasteiger charge is 2.13. The summed E-state index contributed by atoms with van der Waals surface area (Å²) in [5.41, 5.74) is 2.48. The highest BCUT2D eigenvalue weighted by molar-refractivity contribution is 6.17. The van der Waals surface area contributed by atoms with Crippen LogP contribution in [0.2, 0.25) is 0 Å². The van der Waals surface area contributed by atoms with E-state index in [0.717, 1.165) is 31.0 Å². The van der Waals surface area contributed by atoms with Gasteiger partial charge in [0.25, 0.3) is 0 Å². The maximum absolute atomic E-state index is 5.63. The molecular weight excluding hydrogens is 238 g/mol. The van der Waals surface area contributed by atoms with Gasteiger partial charge < -0.3 is 14.8 Å². The molecule has 0 aliphatic carbocycles. The normalized spacial score (nSPS) is 13.8. The first-order valence-corrected chi connectivity index (χ1v) is 6.50. The van der Waals surface area contributed by atoms with Crippen molar-refractivity contribution < 1.29 is 9.47 Å². The zero-order chi connectivity index (χ0) is 12.1. The third-order valence-electron chi connectivity index (χ3n) is 2.80. The molecule has 0 aromatic heterocycles. The Morgan fingerprint density at radius 2 is 1.94 bits per heavy atom. The van der Waals surface area contributed by atoms with Gasteiger partial charge in [-0.05, 0) is 43.1 Å². The first-order valence-electron chi connectivity index (χ1n) is 5.97. The molecule has 1 aliphatic rings. The first-order chi connectivity index (χ1) is 8.31. The number of alkyl halides is 1. The van der Waals surface area contributed by atoms with Crippen LogP contribution >= 0.6 is 11.6 Å². The molecule has 0 saturated carbocycles. The fraction of sp³-hybridized carbons (Fsp3) is 0.538. The third-order valence-corrected chi connectivity index (χ3v) is 3.07. The van der Waals surface area contributed by atoms with Crippen molar-refractivity contribution in [1.29, 1.82) is 0 Å². The molecular formula is C13H18ClNO2. The van der Waals surface area contributed by atoms with E-state index in [2.05, 4.69) is 18.3 Å². The largest absolute Gasteiger partial charge is 0.486 e. The number of fused-ring (bicyclic) bond motifs is 1. The predicted molar refractivity (Wildman–Crippen MR) is 69.2 cm³/mol. The monoisotopic (exact) mass is 255 g/mol. The number of ether oxygens (including phenoxy) is 2. The lowest BCUT2D eigenvalue weighted by Gasteiger charge is -2.20. The van der Waals surface area contributed by atoms with Crippen molar-refractivity contribution in [3.05, 3.63) is 23.3 Å². The van der Waals surface area contributed by atoms with E-state index in [1.165, 1.54) is 11.1 Å². The Bertz CT molecular complexity index is 382. The molecule has 3 nitrogen and oxygen atoms in total. The lowest BCUT2D eigenvalue weighted by atomic mass is 10.1. The van der Waals surface area contributed by atoms with Crippen LogP contribution in [0.5, 0.6) is 11.5 Å². The molecule has 2 rings (SSSR count). The zero-order valence-corrected chi connectivity index (χ0v) is 10.8. The summed E-state index contributed by atoms with van der Waals surface area (Å²) in [6.45, 7) is 5.16. The summed E-state index contributed by atoms with van der Waals surface area (Å²) in [6, 6.07) is 4.12. The summed E-state index contributed by atoms with van der Waals surface area (Å²) in [7, 11) is 0. The molecule has 4 heteroatoms. The average Bonchev–Trinajstić information content (AvgIpc) is 2.35. The van der Waals surface area contributed by atoms with Crippen LogP contribution in [0.1, 0.15) is 17.5 Å². The van der Waals surface area contributed by atoms with E-state index in [9.17, 15) is 0 Å². The minimum absolute atomic E-state index is 0.634. The van der Waals surface area contributed by atoms with Gasteiger partial charge in [-0.2, -0.15) is 0 Å². The zero-order valence-electron chi connectivity index (χ0n) is 10.1. The van der Waals surface area contributed by atoms with Gasteiger partial charge in [0.05, 0.1) is 0 Å². The van der Waals surface area contributed by atoms with Crippen molar-refractivity contribution in [3.8, 4) is 11.5 Å². The highest BCUT2D eigenvalue weighted by atomic mass is 35.5. The van der Waals surface area contributed by atoms with E-state index in [1.807, 2.05) is 6.07 Å². The molecule has 0 radical (unpaired) electrons. The Balaban J connectivity index is 2.01. The SMILES string of the molecule is Cc1cc2c(cc1CNCCCCl)OCCO2. The van der Waals surface area contributed by atoms with Gasteiger partial charge in [0, 0.05) is 12.4 Å². The second kappa shape index (κ2) is 6.12. The van der Waals surface area contributed by atoms with Crippen LogP contribution in [0.15, 0.2) is 12.1 Å². The summed E-state index contributed by atoms with van der Waals surface area (Å²) in [6.07, 6.45) is 0.991. The number of nitrogens with one attached hydrogen (secondary N) is 1. The molecule has 0 saturated heterocycles. The Morgan fingerprint density at radius 3 is 2.65 bits per heavy atom. The molecule has 0 fully saturated rings. The lowest BCUT2D eigenvalue weighted by Crippen LogP contribution is -2.18. The second-order valence-corrected chi connectivity index (χ2v) is 4.52. The topological polar surface area (TPSA) is 30.5 Å². The van der Waals surface area contributed by atoms with Gasteiger partial charge in [0.1, 0.15) is 13.2 Å². The number of benzene rings is 1. The van der Waals surface area contributed by atoms with Gasteiger partial charge in [-0.3, -0.25) is 0 Å². The lowest BCUT2D eigenvalue weighted by molar-refractivity contribution is 0.171. The number of aryl methyl sites for hydroxylation is 1. The molecule has 1 aromatic rings. The van der Waals surface area contributed by atoms with Crippen LogP contribution in [0.25, 0.3) is 0 Å². The van der Waals surface area contributed by atoms with Gasteiger partial charge in [0.2, 0.25) is 0 Å². The first kappa shape index (κ1) is 12.5. The second-order valence-electron chi connectivity index (χ2n) is 4.14. The molecule has 0 bridgehead atoms. The van der Waals surface area contributed by atoms with Crippen molar-refractivity contribution in [2.24, 2.45) is 0 Å². The average molecular weight is 256 g/mol. The van der Waals surface area contributed by atoms with Gasteiger partial charge in [-0.1, -0.05) is 0 Å². The maximum atomic E-state index is 5.63. The number of rotatable bonds is 5. The summed E-state index contributed by atoms with van der Waals surface area (Å²) >= 11 is 5.63. The van der Waals surface area contributed by atoms with Crippen LogP contribution in [-0.4, -0.2) is 25.6 Å². The molecule has 0 unspecified atom stereocenters. The molecule has 1 N–H and O–H groups in total. The Morgan fingerprint density at radius 1 is 1.24 bits per heavy atom. The van der Waals surface area contributed by atoms with Crippen molar-refractivity contribution in [2.75, 3.05) is 25.6 Å². The van der Waals surface area contributed by atoms with E-state index in [1.54, 1.807) is 0 Å². The molecule has 17 heavy (non-hydrogen) atoms. The van der Waals surface area contributed by atoms with Gasteiger partial charge in [-0.25, -0.2) is 0 Å². The predicted octanol–water partition coefficient (Wildman–Crippen LogP) is 2.48. The Kier molecular flexibility index (Phi) is 4.51. The minimum atomic E-state index is 0.634. The van der Waals surface area contributed by atoms with Gasteiger partial charge in [0.15, 0.2) is 11.5 Å². The van der Waals surface area contributed by atoms with Crippen LogP contribution in [0, 0.1) is 6.92 Å². The van der Waals surface area contributed by atoms with E-state index in [4.69, 9.17) is 21.1 Å². The summed E-state index contributed by atoms with van der Waals surface area (Å²) in [5, 5.41) is 3.37. The Hall–Kier alpha value is -0.930. The fourth-order valence-corrected chi connectivity index (χ4v) is 1.97. The van der Waals surface area contributed by atoms with Crippen molar-refractivity contribution in [2.45, 2.75) is 19.9 Å². The molecule has 1 aliphatic heterocycles. The highest BCUT2D eigenvalue weighted by Crippen LogP contribution is 2.32. The molecule has 1 heterocycles. The van der Waals surface area contributed by atoms with Crippen LogP contribution in [0.4, 0.5) is 0 Å². The van der Waals surface area contributed by atoms with Crippen LogP contribution in [-0.2, 0) is 6.54 Å². The van der Waals surface area contributed by atoms with Crippen molar-refractivity contribution >= 4 is 11.6 Å². The van der Waals surface area contributed by atoms with Crippen LogP contribution in [0.3, 0.4) is 0 Å². The number of hydrogen-bond donors (Lipinski definition) is 1. The molecule has 0 atom stereocenters. The van der Waals surface area contributed by atoms with Crippen molar-refractivity contribution in [1.82, 2.24) is 5.32 Å². The molecule has 0 amide bonds. The van der Waals surface area contributed by atoms with E-state index >= 15 is 0 Å². The molecule has 0 spiro atoms. The summed E-state index contributed by atoms with van der Waals surface area (Å²) < 4.78 is 11.1. The van der Waals surface area contributed by atoms with Gasteiger partial charge >= 0.3 is 0 Å². The minimum Gasteiger partial charge on any atom is -0.486 e. The number of halogens is 1. The maximum Gasteiger partial charge on any atom is 0.161 e. The van der Waals surface area contributed by atoms with E-state index < -0.39 is 0 Å². The third kappa shape index (κ3) is 3.27. The fourth-order valence-electron chi connectivity index (χ4n) is 1.84. The van der Waals surface area contributed by atoms with E-state index in [-0.39, 0.29) is 0 Å². The molecule has 94 valence electrons.